The van der Waals surface area contributed by atoms with E-state index in [-0.39, 0.29) is 23.9 Å². The first-order valence-corrected chi connectivity index (χ1v) is 11.6. The largest absolute Gasteiger partial charge is 0.493 e. The van der Waals surface area contributed by atoms with Gasteiger partial charge in [-0.2, -0.15) is 0 Å². The second kappa shape index (κ2) is 8.49. The molecule has 2 heterocycles. The zero-order valence-corrected chi connectivity index (χ0v) is 18.7. The lowest BCUT2D eigenvalue weighted by Crippen LogP contribution is -2.51. The van der Waals surface area contributed by atoms with Crippen LogP contribution in [0, 0.1) is 0 Å². The van der Waals surface area contributed by atoms with Gasteiger partial charge < -0.3 is 19.7 Å². The van der Waals surface area contributed by atoms with Crippen LogP contribution >= 0.6 is 0 Å². The first-order chi connectivity index (χ1) is 15.6. The summed E-state index contributed by atoms with van der Waals surface area (Å²) in [6.45, 7) is 0.599. The summed E-state index contributed by atoms with van der Waals surface area (Å²) in [5, 5.41) is 3.33. The van der Waals surface area contributed by atoms with Gasteiger partial charge in [0, 0.05) is 18.2 Å². The Labute approximate surface area is 188 Å². The fraction of sp³-hybridized carbons (Fsp3) is 0.462. The molecule has 0 spiro atoms. The van der Waals surface area contributed by atoms with Crippen molar-refractivity contribution in [2.75, 3.05) is 20.8 Å². The average molecular weight is 435 g/mol. The third-order valence-corrected chi connectivity index (χ3v) is 7.26. The molecular formula is C26H30N2O4. The molecule has 0 bridgehead atoms. The second-order valence-corrected chi connectivity index (χ2v) is 9.01. The molecule has 2 amide bonds. The number of nitrogens with one attached hydrogen (secondary N) is 1. The van der Waals surface area contributed by atoms with E-state index in [1.54, 1.807) is 20.3 Å². The van der Waals surface area contributed by atoms with Gasteiger partial charge in [-0.15, -0.1) is 0 Å². The lowest BCUT2D eigenvalue weighted by atomic mass is 9.75. The number of hydrogen-bond acceptors (Lipinski definition) is 4. The van der Waals surface area contributed by atoms with E-state index in [0.29, 0.717) is 23.6 Å². The van der Waals surface area contributed by atoms with Gasteiger partial charge in [0.2, 0.25) is 5.91 Å². The summed E-state index contributed by atoms with van der Waals surface area (Å²) < 4.78 is 11.0. The van der Waals surface area contributed by atoms with Crippen LogP contribution in [0.2, 0.25) is 0 Å². The van der Waals surface area contributed by atoms with E-state index in [4.69, 9.17) is 9.47 Å². The molecule has 2 aromatic carbocycles. The molecule has 6 heteroatoms. The van der Waals surface area contributed by atoms with E-state index in [0.717, 1.165) is 43.2 Å². The SMILES string of the molecule is COc1cc2c(cc1OC)C(C(=O)NC1CCCCC1)C1c3ccccc3CCN1C2=O. The Hall–Kier alpha value is -3.02. The molecule has 1 N–H and O–H groups in total. The van der Waals surface area contributed by atoms with Gasteiger partial charge in [-0.3, -0.25) is 9.59 Å². The summed E-state index contributed by atoms with van der Waals surface area (Å²) in [6, 6.07) is 11.6. The Morgan fingerprint density at radius 2 is 1.72 bits per heavy atom. The van der Waals surface area contributed by atoms with Crippen LogP contribution in [0.15, 0.2) is 36.4 Å². The number of fused-ring (bicyclic) bond motifs is 4. The number of rotatable bonds is 4. The van der Waals surface area contributed by atoms with Crippen LogP contribution in [0.3, 0.4) is 0 Å². The summed E-state index contributed by atoms with van der Waals surface area (Å²) >= 11 is 0. The van der Waals surface area contributed by atoms with Gasteiger partial charge >= 0.3 is 0 Å². The topological polar surface area (TPSA) is 67.9 Å². The number of benzene rings is 2. The molecule has 2 unspecified atom stereocenters. The minimum absolute atomic E-state index is 0.00965. The molecule has 1 aliphatic carbocycles. The third-order valence-electron chi connectivity index (χ3n) is 7.26. The van der Waals surface area contributed by atoms with E-state index in [1.807, 2.05) is 23.1 Å². The number of carbonyl (C=O) groups is 2. The van der Waals surface area contributed by atoms with E-state index in [2.05, 4.69) is 17.4 Å². The number of carbonyl (C=O) groups excluding carboxylic acids is 2. The van der Waals surface area contributed by atoms with Crippen LogP contribution in [-0.4, -0.2) is 43.5 Å². The van der Waals surface area contributed by atoms with E-state index in [9.17, 15) is 9.59 Å². The Kier molecular flexibility index (Phi) is 5.53. The molecule has 2 aliphatic heterocycles. The Morgan fingerprint density at radius 1 is 1.00 bits per heavy atom. The molecule has 3 aliphatic rings. The highest BCUT2D eigenvalue weighted by Crippen LogP contribution is 2.48. The maximum Gasteiger partial charge on any atom is 0.254 e. The zero-order chi connectivity index (χ0) is 22.2. The van der Waals surface area contributed by atoms with Crippen LogP contribution in [0.1, 0.15) is 71.1 Å². The highest BCUT2D eigenvalue weighted by molar-refractivity contribution is 6.02. The molecule has 6 nitrogen and oxygen atoms in total. The summed E-state index contributed by atoms with van der Waals surface area (Å²) in [6.07, 6.45) is 6.34. The molecule has 2 aromatic rings. The molecule has 0 aromatic heterocycles. The van der Waals surface area contributed by atoms with Crippen LogP contribution in [0.25, 0.3) is 0 Å². The fourth-order valence-electron chi connectivity index (χ4n) is 5.67. The van der Waals surface area contributed by atoms with Crippen molar-refractivity contribution in [2.45, 2.75) is 56.5 Å². The third kappa shape index (κ3) is 3.42. The van der Waals surface area contributed by atoms with Crippen molar-refractivity contribution in [3.8, 4) is 11.5 Å². The second-order valence-electron chi connectivity index (χ2n) is 9.01. The Morgan fingerprint density at radius 3 is 2.47 bits per heavy atom. The van der Waals surface area contributed by atoms with Gasteiger partial charge in [-0.1, -0.05) is 43.5 Å². The predicted octanol–water partition coefficient (Wildman–Crippen LogP) is 3.99. The van der Waals surface area contributed by atoms with Gasteiger partial charge in [0.15, 0.2) is 11.5 Å². The van der Waals surface area contributed by atoms with E-state index >= 15 is 0 Å². The molecule has 1 saturated carbocycles. The maximum atomic E-state index is 13.8. The zero-order valence-electron chi connectivity index (χ0n) is 18.7. The molecular weight excluding hydrogens is 404 g/mol. The van der Waals surface area contributed by atoms with Crippen LogP contribution in [-0.2, 0) is 11.2 Å². The Bertz CT molecular complexity index is 1040. The summed E-state index contributed by atoms with van der Waals surface area (Å²) in [5.74, 6) is 0.478. The minimum Gasteiger partial charge on any atom is -0.493 e. The number of ether oxygens (including phenoxy) is 2. The maximum absolute atomic E-state index is 13.8. The lowest BCUT2D eigenvalue weighted by molar-refractivity contribution is -0.125. The molecule has 0 radical (unpaired) electrons. The van der Waals surface area contributed by atoms with E-state index in [1.165, 1.54) is 12.0 Å². The van der Waals surface area contributed by atoms with Crippen molar-refractivity contribution in [3.05, 3.63) is 58.7 Å². The molecule has 1 fully saturated rings. The molecule has 2 atom stereocenters. The highest BCUT2D eigenvalue weighted by Gasteiger charge is 2.47. The van der Waals surface area contributed by atoms with E-state index < -0.39 is 5.92 Å². The van der Waals surface area contributed by atoms with Crippen molar-refractivity contribution in [2.24, 2.45) is 0 Å². The highest BCUT2D eigenvalue weighted by atomic mass is 16.5. The number of methoxy groups -OCH3 is 2. The molecule has 168 valence electrons. The van der Waals surface area contributed by atoms with Gasteiger partial charge in [0.05, 0.1) is 26.2 Å². The summed E-state index contributed by atoms with van der Waals surface area (Å²) in [4.78, 5) is 29.3. The predicted molar refractivity (Wildman–Crippen MR) is 121 cm³/mol. The molecule has 5 rings (SSSR count). The number of amides is 2. The average Bonchev–Trinajstić information content (AvgIpc) is 2.84. The summed E-state index contributed by atoms with van der Waals surface area (Å²) in [5.41, 5.74) is 3.53. The molecule has 32 heavy (non-hydrogen) atoms. The monoisotopic (exact) mass is 434 g/mol. The quantitative estimate of drug-likeness (QED) is 0.790. The van der Waals surface area contributed by atoms with Crippen molar-refractivity contribution in [1.29, 1.82) is 0 Å². The Balaban J connectivity index is 1.64. The van der Waals surface area contributed by atoms with Gasteiger partial charge in [0.25, 0.3) is 5.91 Å². The van der Waals surface area contributed by atoms with Gasteiger partial charge in [-0.05, 0) is 48.1 Å². The summed E-state index contributed by atoms with van der Waals surface area (Å²) in [7, 11) is 3.14. The first kappa shape index (κ1) is 20.9. The van der Waals surface area contributed by atoms with Crippen molar-refractivity contribution >= 4 is 11.8 Å². The normalized spacial score (nSPS) is 22.4. The molecule has 0 saturated heterocycles. The number of nitrogens with zero attached hydrogens (tertiary/aromatic N) is 1. The standard InChI is InChI=1S/C26H30N2O4/c1-31-21-14-19-20(15-22(21)32-2)26(30)28-13-12-16-8-6-7-11-18(16)24(28)23(19)25(29)27-17-9-4-3-5-10-17/h6-8,11,14-15,17,23-24H,3-5,9-10,12-13H2,1-2H3,(H,27,29). The van der Waals surface area contributed by atoms with Crippen molar-refractivity contribution < 1.29 is 19.1 Å². The van der Waals surface area contributed by atoms with Crippen molar-refractivity contribution in [3.63, 3.8) is 0 Å². The van der Waals surface area contributed by atoms with Crippen molar-refractivity contribution in [1.82, 2.24) is 10.2 Å². The van der Waals surface area contributed by atoms with Crippen LogP contribution in [0.5, 0.6) is 11.5 Å². The first-order valence-electron chi connectivity index (χ1n) is 11.6. The number of hydrogen-bond donors (Lipinski definition) is 1. The lowest BCUT2D eigenvalue weighted by Gasteiger charge is -2.45. The van der Waals surface area contributed by atoms with Crippen LogP contribution < -0.4 is 14.8 Å². The fourth-order valence-corrected chi connectivity index (χ4v) is 5.67. The van der Waals surface area contributed by atoms with Gasteiger partial charge in [0.1, 0.15) is 0 Å². The van der Waals surface area contributed by atoms with Gasteiger partial charge in [-0.25, -0.2) is 0 Å². The minimum atomic E-state index is -0.495. The van der Waals surface area contributed by atoms with Crippen LogP contribution in [0.4, 0.5) is 0 Å². The smallest absolute Gasteiger partial charge is 0.254 e.